The minimum atomic E-state index is -0.432. The molecule has 0 bridgehead atoms. The number of hydrogen-bond donors (Lipinski definition) is 3. The van der Waals surface area contributed by atoms with E-state index in [2.05, 4.69) is 24.5 Å². The van der Waals surface area contributed by atoms with Crippen LogP contribution in [0.15, 0.2) is 24.3 Å². The minimum Gasteiger partial charge on any atom is -0.338 e. The third-order valence-corrected chi connectivity index (χ3v) is 3.56. The number of amides is 3. The number of halogens is 1. The van der Waals surface area contributed by atoms with E-state index in [1.807, 2.05) is 36.5 Å². The average molecular weight is 327 g/mol. The Balaban J connectivity index is 2.27. The zero-order chi connectivity index (χ0) is 16.5. The molecule has 0 aliphatic rings. The molecule has 22 heavy (non-hydrogen) atoms. The minimum absolute atomic E-state index is 0.118. The van der Waals surface area contributed by atoms with Crippen molar-refractivity contribution in [2.24, 2.45) is 5.92 Å². The molecule has 1 aromatic rings. The van der Waals surface area contributed by atoms with E-state index in [0.717, 1.165) is 12.0 Å². The smallest absolute Gasteiger partial charge is 0.321 e. The van der Waals surface area contributed by atoms with Crippen LogP contribution in [0.1, 0.15) is 38.8 Å². The molecule has 6 heteroatoms. The normalized spacial score (nSPS) is 12.0. The van der Waals surface area contributed by atoms with Gasteiger partial charge in [0, 0.05) is 17.1 Å². The summed E-state index contributed by atoms with van der Waals surface area (Å²) in [6, 6.07) is 7.19. The van der Waals surface area contributed by atoms with Crippen molar-refractivity contribution in [3.8, 4) is 0 Å². The summed E-state index contributed by atoms with van der Waals surface area (Å²) in [7, 11) is 0. The van der Waals surface area contributed by atoms with Gasteiger partial charge in [0.05, 0.1) is 0 Å². The molecule has 5 nitrogen and oxygen atoms in total. The molecule has 0 fully saturated rings. The van der Waals surface area contributed by atoms with Crippen molar-refractivity contribution in [1.29, 1.82) is 0 Å². The number of rotatable bonds is 7. The monoisotopic (exact) mass is 326 g/mol. The first kappa shape index (κ1) is 18.5. The molecule has 122 valence electrons. The zero-order valence-electron chi connectivity index (χ0n) is 13.4. The number of urea groups is 1. The number of nitrogens with one attached hydrogen (secondary N) is 2. The molecule has 1 rings (SSSR count). The zero-order valence-corrected chi connectivity index (χ0v) is 14.1. The summed E-state index contributed by atoms with van der Waals surface area (Å²) in [5.41, 5.74) is 1.08. The van der Waals surface area contributed by atoms with Crippen LogP contribution in [-0.4, -0.2) is 25.0 Å². The fraction of sp³-hybridized carbons (Fsp3) is 0.500. The lowest BCUT2D eigenvalue weighted by Crippen LogP contribution is -2.87. The second kappa shape index (κ2) is 9.43. The Morgan fingerprint density at radius 1 is 1.18 bits per heavy atom. The van der Waals surface area contributed by atoms with E-state index in [4.69, 9.17) is 11.6 Å². The summed E-state index contributed by atoms with van der Waals surface area (Å²) in [4.78, 5) is 23.2. The highest BCUT2D eigenvalue weighted by atomic mass is 35.5. The maximum Gasteiger partial charge on any atom is 0.321 e. The lowest BCUT2D eigenvalue weighted by atomic mass is 10.1. The number of hydrogen-bond acceptors (Lipinski definition) is 2. The molecule has 4 N–H and O–H groups in total. The van der Waals surface area contributed by atoms with E-state index < -0.39 is 6.03 Å². The molecule has 1 atom stereocenters. The number of carbonyl (C=O) groups is 2. The number of nitrogens with two attached hydrogens (primary N) is 1. The third kappa shape index (κ3) is 7.43. The van der Waals surface area contributed by atoms with Crippen LogP contribution < -0.4 is 16.0 Å². The summed E-state index contributed by atoms with van der Waals surface area (Å²) in [6.07, 6.45) is 0.890. The van der Waals surface area contributed by atoms with Gasteiger partial charge in [-0.1, -0.05) is 37.6 Å². The molecule has 1 aromatic carbocycles. The van der Waals surface area contributed by atoms with Crippen LogP contribution in [0.2, 0.25) is 5.02 Å². The summed E-state index contributed by atoms with van der Waals surface area (Å²) >= 11 is 5.84. The Labute approximate surface area is 136 Å². The van der Waals surface area contributed by atoms with Crippen molar-refractivity contribution in [2.45, 2.75) is 33.2 Å². The van der Waals surface area contributed by atoms with Gasteiger partial charge in [-0.25, -0.2) is 4.79 Å². The van der Waals surface area contributed by atoms with Gasteiger partial charge in [0.1, 0.15) is 6.04 Å². The van der Waals surface area contributed by atoms with Crippen LogP contribution in [-0.2, 0) is 4.79 Å². The highest BCUT2D eigenvalue weighted by Crippen LogP contribution is 2.13. The fourth-order valence-electron chi connectivity index (χ4n) is 1.88. The Kier molecular flexibility index (Phi) is 7.91. The highest BCUT2D eigenvalue weighted by Gasteiger charge is 2.13. The molecule has 0 saturated heterocycles. The Hall–Kier alpha value is -1.59. The van der Waals surface area contributed by atoms with Gasteiger partial charge in [0.2, 0.25) is 0 Å². The van der Waals surface area contributed by atoms with Gasteiger partial charge in [0.15, 0.2) is 6.54 Å². The molecular formula is C16H25ClN3O2+. The maximum atomic E-state index is 11.7. The van der Waals surface area contributed by atoms with Gasteiger partial charge in [-0.2, -0.15) is 0 Å². The summed E-state index contributed by atoms with van der Waals surface area (Å²) in [5.74, 6) is 0.215. The van der Waals surface area contributed by atoms with Gasteiger partial charge in [-0.3, -0.25) is 10.1 Å². The second-order valence-electron chi connectivity index (χ2n) is 5.77. The Bertz CT molecular complexity index is 489. The standard InChI is InChI=1S/C16H24ClN3O2/c1-11(2)8-9-18-16(22)20-15(21)10-19-12(3)13-4-6-14(17)7-5-13/h4-7,11-12,19H,8-10H2,1-3H3,(H2,18,20,21,22)/p+1/t12-/m1/s1. The molecule has 0 spiro atoms. The molecule has 3 amide bonds. The average Bonchev–Trinajstić information content (AvgIpc) is 2.45. The summed E-state index contributed by atoms with van der Waals surface area (Å²) in [5, 5.41) is 7.56. The van der Waals surface area contributed by atoms with Gasteiger partial charge >= 0.3 is 6.03 Å². The van der Waals surface area contributed by atoms with Crippen LogP contribution >= 0.6 is 11.6 Å². The number of imide groups is 1. The van der Waals surface area contributed by atoms with Crippen molar-refractivity contribution < 1.29 is 14.9 Å². The van der Waals surface area contributed by atoms with E-state index in [9.17, 15) is 9.59 Å². The molecule has 0 radical (unpaired) electrons. The van der Waals surface area contributed by atoms with Crippen LogP contribution in [0.3, 0.4) is 0 Å². The van der Waals surface area contributed by atoms with Gasteiger partial charge in [0.25, 0.3) is 5.91 Å². The van der Waals surface area contributed by atoms with E-state index in [1.54, 1.807) is 0 Å². The lowest BCUT2D eigenvalue weighted by Gasteiger charge is -2.11. The van der Waals surface area contributed by atoms with Crippen molar-refractivity contribution in [2.75, 3.05) is 13.1 Å². The van der Waals surface area contributed by atoms with Gasteiger partial charge in [-0.15, -0.1) is 0 Å². The summed E-state index contributed by atoms with van der Waals surface area (Å²) in [6.45, 7) is 6.93. The first-order chi connectivity index (χ1) is 10.4. The molecular weight excluding hydrogens is 302 g/mol. The molecule has 0 aromatic heterocycles. The Morgan fingerprint density at radius 3 is 2.41 bits per heavy atom. The number of benzene rings is 1. The molecule has 0 heterocycles. The topological polar surface area (TPSA) is 74.8 Å². The maximum absolute atomic E-state index is 11.7. The molecule has 0 unspecified atom stereocenters. The van der Waals surface area contributed by atoms with Crippen molar-refractivity contribution in [3.05, 3.63) is 34.9 Å². The third-order valence-electron chi connectivity index (χ3n) is 3.31. The number of carbonyl (C=O) groups excluding carboxylic acids is 2. The molecule has 0 saturated carbocycles. The van der Waals surface area contributed by atoms with Gasteiger partial charge in [-0.05, 0) is 31.4 Å². The van der Waals surface area contributed by atoms with E-state index in [1.165, 1.54) is 0 Å². The quantitative estimate of drug-likeness (QED) is 0.715. The second-order valence-corrected chi connectivity index (χ2v) is 6.20. The van der Waals surface area contributed by atoms with Crippen LogP contribution in [0.25, 0.3) is 0 Å². The van der Waals surface area contributed by atoms with Crippen LogP contribution in [0.4, 0.5) is 4.79 Å². The van der Waals surface area contributed by atoms with Crippen molar-refractivity contribution >= 4 is 23.5 Å². The van der Waals surface area contributed by atoms with E-state index in [0.29, 0.717) is 17.5 Å². The predicted octanol–water partition coefficient (Wildman–Crippen LogP) is 1.84. The molecule has 0 aliphatic carbocycles. The summed E-state index contributed by atoms with van der Waals surface area (Å²) < 4.78 is 0. The molecule has 0 aliphatic heterocycles. The highest BCUT2D eigenvalue weighted by molar-refractivity contribution is 6.30. The van der Waals surface area contributed by atoms with E-state index >= 15 is 0 Å². The lowest BCUT2D eigenvalue weighted by molar-refractivity contribution is -0.682. The van der Waals surface area contributed by atoms with Gasteiger partial charge < -0.3 is 10.6 Å². The first-order valence-electron chi connectivity index (χ1n) is 7.55. The van der Waals surface area contributed by atoms with Crippen molar-refractivity contribution in [1.82, 2.24) is 10.6 Å². The van der Waals surface area contributed by atoms with Crippen LogP contribution in [0.5, 0.6) is 0 Å². The Morgan fingerprint density at radius 2 is 1.82 bits per heavy atom. The fourth-order valence-corrected chi connectivity index (χ4v) is 2.01. The predicted molar refractivity (Wildman–Crippen MR) is 87.7 cm³/mol. The van der Waals surface area contributed by atoms with Crippen molar-refractivity contribution in [3.63, 3.8) is 0 Å². The number of quaternary nitrogens is 1. The van der Waals surface area contributed by atoms with Crippen LogP contribution in [0, 0.1) is 5.92 Å². The first-order valence-corrected chi connectivity index (χ1v) is 7.92. The van der Waals surface area contributed by atoms with E-state index in [-0.39, 0.29) is 18.5 Å². The SMILES string of the molecule is CC(C)CCNC(=O)NC(=O)C[NH2+][C@H](C)c1ccc(Cl)cc1. The largest absolute Gasteiger partial charge is 0.338 e.